The Kier molecular flexibility index (Phi) is 5.11. The van der Waals surface area contributed by atoms with Gasteiger partial charge in [0.05, 0.1) is 12.2 Å². The van der Waals surface area contributed by atoms with Crippen LogP contribution in [0.25, 0.3) is 5.69 Å². The molecule has 0 unspecified atom stereocenters. The maximum Gasteiger partial charge on any atom is 0.251 e. The van der Waals surface area contributed by atoms with Gasteiger partial charge in [-0.25, -0.2) is 18.7 Å². The Labute approximate surface area is 201 Å². The number of aromatic nitrogens is 5. The lowest BCUT2D eigenvalue weighted by molar-refractivity contribution is -0.173. The fourth-order valence-electron chi connectivity index (χ4n) is 5.75. The Bertz CT molecular complexity index is 1200. The van der Waals surface area contributed by atoms with E-state index in [0.717, 1.165) is 54.8 Å². The lowest BCUT2D eigenvalue weighted by Crippen LogP contribution is -2.59. The molecule has 0 radical (unpaired) electrons. The molecule has 0 atom stereocenters. The molecule has 1 saturated heterocycles. The second kappa shape index (κ2) is 7.95. The van der Waals surface area contributed by atoms with Gasteiger partial charge in [-0.05, 0) is 49.6 Å². The number of halogens is 3. The molecule has 0 spiro atoms. The van der Waals surface area contributed by atoms with Gasteiger partial charge >= 0.3 is 0 Å². The molecule has 3 aliphatic rings. The molecule has 7 nitrogen and oxygen atoms in total. The van der Waals surface area contributed by atoms with Gasteiger partial charge in [-0.2, -0.15) is 0 Å². The number of nitrogens with zero attached hydrogens (tertiary/aromatic N) is 7. The van der Waals surface area contributed by atoms with Crippen LogP contribution in [-0.4, -0.2) is 54.2 Å². The van der Waals surface area contributed by atoms with Gasteiger partial charge in [-0.15, -0.1) is 10.2 Å². The molecular weight excluding hydrogens is 460 g/mol. The highest BCUT2D eigenvalue weighted by Gasteiger charge is 2.57. The van der Waals surface area contributed by atoms with E-state index < -0.39 is 11.5 Å². The topological polar surface area (TPSA) is 63.0 Å². The zero-order chi connectivity index (χ0) is 23.5. The molecule has 3 aromatic rings. The molecule has 2 aromatic heterocycles. The molecular formula is C24H26ClF2N7. The Balaban J connectivity index is 1.32. The molecule has 0 amide bonds. The largest absolute Gasteiger partial charge is 0.341 e. The van der Waals surface area contributed by atoms with Crippen LogP contribution in [0, 0.1) is 0 Å². The minimum Gasteiger partial charge on any atom is -0.341 e. The molecule has 1 aromatic carbocycles. The van der Waals surface area contributed by atoms with Crippen molar-refractivity contribution in [3.8, 4) is 5.69 Å². The zero-order valence-corrected chi connectivity index (χ0v) is 19.7. The SMILES string of the molecule is CC1(N2Cc3cc(Cl)ccc3-n3c(nnc3C3CCN(c4ncccn4)CC3)C2)CC(F)(F)C1. The molecule has 0 N–H and O–H groups in total. The number of rotatable bonds is 3. The third-order valence-corrected chi connectivity index (χ3v) is 7.70. The summed E-state index contributed by atoms with van der Waals surface area (Å²) in [6.07, 6.45) is 5.06. The van der Waals surface area contributed by atoms with Crippen LogP contribution >= 0.6 is 11.6 Å². The van der Waals surface area contributed by atoms with Crippen molar-refractivity contribution in [3.63, 3.8) is 0 Å². The fraction of sp³-hybridized carbons (Fsp3) is 0.500. The zero-order valence-electron chi connectivity index (χ0n) is 19.0. The van der Waals surface area contributed by atoms with Crippen LogP contribution in [0.1, 0.15) is 55.7 Å². The molecule has 10 heteroatoms. The van der Waals surface area contributed by atoms with Gasteiger partial charge in [0.25, 0.3) is 5.92 Å². The third kappa shape index (κ3) is 3.75. The van der Waals surface area contributed by atoms with Crippen molar-refractivity contribution in [1.82, 2.24) is 29.6 Å². The summed E-state index contributed by atoms with van der Waals surface area (Å²) in [6.45, 7) is 4.62. The quantitative estimate of drug-likeness (QED) is 0.540. The highest BCUT2D eigenvalue weighted by atomic mass is 35.5. The minimum atomic E-state index is -2.60. The van der Waals surface area contributed by atoms with E-state index in [1.165, 1.54) is 0 Å². The van der Waals surface area contributed by atoms with E-state index in [1.54, 1.807) is 12.4 Å². The number of piperidine rings is 1. The van der Waals surface area contributed by atoms with Crippen LogP contribution < -0.4 is 4.90 Å². The summed E-state index contributed by atoms with van der Waals surface area (Å²) in [4.78, 5) is 13.1. The van der Waals surface area contributed by atoms with Gasteiger partial charge in [-0.3, -0.25) is 9.47 Å². The first-order valence-corrected chi connectivity index (χ1v) is 12.1. The van der Waals surface area contributed by atoms with E-state index >= 15 is 0 Å². The average Bonchev–Trinajstić information content (AvgIpc) is 3.14. The fourth-order valence-corrected chi connectivity index (χ4v) is 5.95. The normalized spacial score (nSPS) is 21.9. The first kappa shape index (κ1) is 21.9. The average molecular weight is 486 g/mol. The Morgan fingerprint density at radius 3 is 2.47 bits per heavy atom. The van der Waals surface area contributed by atoms with Gasteiger partial charge in [0.2, 0.25) is 5.95 Å². The van der Waals surface area contributed by atoms with Crippen LogP contribution in [0.3, 0.4) is 0 Å². The van der Waals surface area contributed by atoms with Crippen molar-refractivity contribution in [3.05, 3.63) is 58.9 Å². The van der Waals surface area contributed by atoms with Gasteiger partial charge in [0, 0.05) is 61.3 Å². The van der Waals surface area contributed by atoms with E-state index in [2.05, 4.69) is 34.5 Å². The second-order valence-electron chi connectivity index (χ2n) is 9.96. The number of hydrogen-bond acceptors (Lipinski definition) is 6. The molecule has 2 aliphatic heterocycles. The molecule has 4 heterocycles. The molecule has 1 saturated carbocycles. The van der Waals surface area contributed by atoms with Gasteiger partial charge in [-0.1, -0.05) is 11.6 Å². The summed E-state index contributed by atoms with van der Waals surface area (Å²) in [5, 5.41) is 9.82. The van der Waals surface area contributed by atoms with Crippen LogP contribution in [0.2, 0.25) is 5.02 Å². The van der Waals surface area contributed by atoms with E-state index in [1.807, 2.05) is 31.2 Å². The van der Waals surface area contributed by atoms with Gasteiger partial charge in [0.15, 0.2) is 5.82 Å². The van der Waals surface area contributed by atoms with Crippen molar-refractivity contribution in [2.45, 2.75) is 63.1 Å². The van der Waals surface area contributed by atoms with E-state index in [9.17, 15) is 8.78 Å². The molecule has 178 valence electrons. The first-order valence-electron chi connectivity index (χ1n) is 11.7. The lowest BCUT2D eigenvalue weighted by Gasteiger charge is -2.51. The monoisotopic (exact) mass is 485 g/mol. The Morgan fingerprint density at radius 1 is 1.03 bits per heavy atom. The highest BCUT2D eigenvalue weighted by molar-refractivity contribution is 6.30. The lowest BCUT2D eigenvalue weighted by atomic mass is 9.73. The molecule has 1 aliphatic carbocycles. The Morgan fingerprint density at radius 2 is 1.76 bits per heavy atom. The molecule has 6 rings (SSSR count). The van der Waals surface area contributed by atoms with E-state index in [4.69, 9.17) is 11.6 Å². The molecule has 0 bridgehead atoms. The van der Waals surface area contributed by atoms with Crippen LogP contribution in [0.5, 0.6) is 0 Å². The van der Waals surface area contributed by atoms with Crippen LogP contribution in [-0.2, 0) is 13.1 Å². The molecule has 34 heavy (non-hydrogen) atoms. The second-order valence-corrected chi connectivity index (χ2v) is 10.4. The first-order chi connectivity index (χ1) is 16.3. The Hall–Kier alpha value is -2.65. The van der Waals surface area contributed by atoms with Crippen LogP contribution in [0.4, 0.5) is 14.7 Å². The predicted molar refractivity (Wildman–Crippen MR) is 124 cm³/mol. The number of hydrogen-bond donors (Lipinski definition) is 0. The van der Waals surface area contributed by atoms with E-state index in [0.29, 0.717) is 18.1 Å². The van der Waals surface area contributed by atoms with Crippen molar-refractivity contribution in [2.75, 3.05) is 18.0 Å². The van der Waals surface area contributed by atoms with Crippen molar-refractivity contribution >= 4 is 17.5 Å². The number of fused-ring (bicyclic) bond motifs is 3. The summed E-state index contributed by atoms with van der Waals surface area (Å²) in [7, 11) is 0. The van der Waals surface area contributed by atoms with E-state index in [-0.39, 0.29) is 18.8 Å². The number of benzene rings is 1. The highest BCUT2D eigenvalue weighted by Crippen LogP contribution is 2.50. The van der Waals surface area contributed by atoms with Gasteiger partial charge in [0.1, 0.15) is 5.82 Å². The van der Waals surface area contributed by atoms with Crippen molar-refractivity contribution < 1.29 is 8.78 Å². The number of anilines is 1. The maximum atomic E-state index is 13.9. The maximum absolute atomic E-state index is 13.9. The van der Waals surface area contributed by atoms with Crippen LogP contribution in [0.15, 0.2) is 36.7 Å². The van der Waals surface area contributed by atoms with Crippen molar-refractivity contribution in [1.29, 1.82) is 0 Å². The third-order valence-electron chi connectivity index (χ3n) is 7.47. The summed E-state index contributed by atoms with van der Waals surface area (Å²) >= 11 is 6.35. The molecule has 2 fully saturated rings. The minimum absolute atomic E-state index is 0.142. The summed E-state index contributed by atoms with van der Waals surface area (Å²) in [6, 6.07) is 7.64. The van der Waals surface area contributed by atoms with Gasteiger partial charge < -0.3 is 4.90 Å². The summed E-state index contributed by atoms with van der Waals surface area (Å²) < 4.78 is 29.9. The standard InChI is InChI=1S/C24H26ClF2N7/c1-23(14-24(26,27)15-23)33-12-17-11-18(25)3-4-19(17)34-20(13-33)30-31-21(34)16-5-9-32(10-6-16)22-28-7-2-8-29-22/h2-4,7-8,11,16H,5-6,9-10,12-15H2,1H3. The summed E-state index contributed by atoms with van der Waals surface area (Å²) in [5.41, 5.74) is 1.43. The predicted octanol–water partition coefficient (Wildman–Crippen LogP) is 4.60. The number of alkyl halides is 2. The summed E-state index contributed by atoms with van der Waals surface area (Å²) in [5.74, 6) is 0.106. The van der Waals surface area contributed by atoms with Crippen molar-refractivity contribution in [2.24, 2.45) is 0 Å². The smallest absolute Gasteiger partial charge is 0.251 e.